The Bertz CT molecular complexity index is 704. The van der Waals surface area contributed by atoms with Gasteiger partial charge in [0.25, 0.3) is 0 Å². The zero-order valence-electron chi connectivity index (χ0n) is 11.4. The Balaban J connectivity index is 1.64. The highest BCUT2D eigenvalue weighted by atomic mass is 16.1. The van der Waals surface area contributed by atoms with Crippen molar-refractivity contribution >= 4 is 11.6 Å². The summed E-state index contributed by atoms with van der Waals surface area (Å²) in [6, 6.07) is 15.5. The van der Waals surface area contributed by atoms with Gasteiger partial charge in [0.15, 0.2) is 0 Å². The van der Waals surface area contributed by atoms with Crippen LogP contribution >= 0.6 is 0 Å². The zero-order valence-corrected chi connectivity index (χ0v) is 11.4. The molecule has 3 aromatic rings. The van der Waals surface area contributed by atoms with Crippen LogP contribution in [0.3, 0.4) is 0 Å². The van der Waals surface area contributed by atoms with Crippen molar-refractivity contribution in [2.75, 3.05) is 5.32 Å². The van der Waals surface area contributed by atoms with E-state index in [0.717, 1.165) is 16.9 Å². The molecule has 0 saturated heterocycles. The monoisotopic (exact) mass is 277 g/mol. The van der Waals surface area contributed by atoms with Crippen LogP contribution in [0.1, 0.15) is 5.56 Å². The van der Waals surface area contributed by atoms with Gasteiger partial charge >= 0.3 is 0 Å². The third kappa shape index (κ3) is 3.36. The van der Waals surface area contributed by atoms with E-state index in [-0.39, 0.29) is 5.91 Å². The molecule has 0 saturated carbocycles. The third-order valence-corrected chi connectivity index (χ3v) is 3.17. The maximum absolute atomic E-state index is 12.0. The van der Waals surface area contributed by atoms with Crippen molar-refractivity contribution in [1.82, 2.24) is 9.55 Å². The molecule has 2 heterocycles. The summed E-state index contributed by atoms with van der Waals surface area (Å²) in [4.78, 5) is 15.9. The Hall–Kier alpha value is -2.88. The van der Waals surface area contributed by atoms with E-state index in [4.69, 9.17) is 0 Å². The molecular weight excluding hydrogens is 262 g/mol. The van der Waals surface area contributed by atoms with Crippen molar-refractivity contribution in [3.8, 4) is 5.69 Å². The molecular formula is C17H15N3O. The van der Waals surface area contributed by atoms with Gasteiger partial charge in [0.05, 0.1) is 6.42 Å². The first-order valence-corrected chi connectivity index (χ1v) is 6.73. The van der Waals surface area contributed by atoms with Crippen LogP contribution in [0, 0.1) is 0 Å². The third-order valence-electron chi connectivity index (χ3n) is 3.17. The van der Waals surface area contributed by atoms with E-state index in [2.05, 4.69) is 10.3 Å². The van der Waals surface area contributed by atoms with Gasteiger partial charge in [-0.25, -0.2) is 0 Å². The molecule has 0 radical (unpaired) electrons. The van der Waals surface area contributed by atoms with Gasteiger partial charge in [0.2, 0.25) is 5.91 Å². The van der Waals surface area contributed by atoms with Gasteiger partial charge in [0, 0.05) is 36.2 Å². The summed E-state index contributed by atoms with van der Waals surface area (Å²) < 4.78 is 2.03. The van der Waals surface area contributed by atoms with E-state index in [1.807, 2.05) is 53.4 Å². The minimum Gasteiger partial charge on any atom is -0.326 e. The first-order chi connectivity index (χ1) is 10.3. The highest BCUT2D eigenvalue weighted by Crippen LogP contribution is 2.11. The second kappa shape index (κ2) is 6.05. The molecule has 2 aromatic heterocycles. The van der Waals surface area contributed by atoms with Crippen molar-refractivity contribution in [1.29, 1.82) is 0 Å². The summed E-state index contributed by atoms with van der Waals surface area (Å²) in [5.41, 5.74) is 2.83. The minimum absolute atomic E-state index is 0.0325. The highest BCUT2D eigenvalue weighted by molar-refractivity contribution is 5.92. The smallest absolute Gasteiger partial charge is 0.228 e. The van der Waals surface area contributed by atoms with Gasteiger partial charge in [0.1, 0.15) is 0 Å². The fraction of sp³-hybridized carbons (Fsp3) is 0.0588. The quantitative estimate of drug-likeness (QED) is 0.796. The fourth-order valence-electron chi connectivity index (χ4n) is 2.12. The molecule has 4 heteroatoms. The number of rotatable bonds is 4. The number of nitrogens with one attached hydrogen (secondary N) is 1. The second-order valence-corrected chi connectivity index (χ2v) is 4.72. The lowest BCUT2D eigenvalue weighted by molar-refractivity contribution is -0.115. The molecule has 1 amide bonds. The van der Waals surface area contributed by atoms with E-state index < -0.39 is 0 Å². The van der Waals surface area contributed by atoms with E-state index in [0.29, 0.717) is 6.42 Å². The van der Waals surface area contributed by atoms with Crippen molar-refractivity contribution in [2.24, 2.45) is 0 Å². The van der Waals surface area contributed by atoms with Gasteiger partial charge in [-0.3, -0.25) is 9.78 Å². The SMILES string of the molecule is O=C(Cc1ccc(-n2cccc2)cc1)Nc1ccncc1. The average Bonchev–Trinajstić information content (AvgIpc) is 3.03. The molecule has 4 nitrogen and oxygen atoms in total. The predicted molar refractivity (Wildman–Crippen MR) is 82.3 cm³/mol. The fourth-order valence-corrected chi connectivity index (χ4v) is 2.12. The predicted octanol–water partition coefficient (Wildman–Crippen LogP) is 3.05. The topological polar surface area (TPSA) is 46.9 Å². The van der Waals surface area contributed by atoms with E-state index in [9.17, 15) is 4.79 Å². The number of carbonyl (C=O) groups is 1. The van der Waals surface area contributed by atoms with Crippen LogP contribution in [0.5, 0.6) is 0 Å². The number of amides is 1. The summed E-state index contributed by atoms with van der Waals surface area (Å²) in [5.74, 6) is -0.0325. The minimum atomic E-state index is -0.0325. The Morgan fingerprint density at radius 2 is 1.67 bits per heavy atom. The lowest BCUT2D eigenvalue weighted by atomic mass is 10.1. The molecule has 0 fully saturated rings. The van der Waals surface area contributed by atoms with Crippen molar-refractivity contribution in [2.45, 2.75) is 6.42 Å². The normalized spacial score (nSPS) is 10.3. The van der Waals surface area contributed by atoms with Crippen LogP contribution in [0.15, 0.2) is 73.3 Å². The average molecular weight is 277 g/mol. The molecule has 0 unspecified atom stereocenters. The summed E-state index contributed by atoms with van der Waals surface area (Å²) in [6.07, 6.45) is 7.65. The maximum Gasteiger partial charge on any atom is 0.228 e. The highest BCUT2D eigenvalue weighted by Gasteiger charge is 2.04. The molecule has 0 aliphatic rings. The number of hydrogen-bond acceptors (Lipinski definition) is 2. The van der Waals surface area contributed by atoms with Gasteiger partial charge < -0.3 is 9.88 Å². The van der Waals surface area contributed by atoms with Crippen LogP contribution in [0.2, 0.25) is 0 Å². The van der Waals surface area contributed by atoms with E-state index in [1.165, 1.54) is 0 Å². The number of anilines is 1. The van der Waals surface area contributed by atoms with Crippen LogP contribution in [0.25, 0.3) is 5.69 Å². The van der Waals surface area contributed by atoms with Gasteiger partial charge in [-0.05, 0) is 42.0 Å². The molecule has 1 aromatic carbocycles. The maximum atomic E-state index is 12.0. The van der Waals surface area contributed by atoms with Crippen molar-refractivity contribution in [3.05, 3.63) is 78.9 Å². The zero-order chi connectivity index (χ0) is 14.5. The number of carbonyl (C=O) groups excluding carboxylic acids is 1. The summed E-state index contributed by atoms with van der Waals surface area (Å²) >= 11 is 0. The van der Waals surface area contributed by atoms with Crippen LogP contribution in [-0.2, 0) is 11.2 Å². The van der Waals surface area contributed by atoms with Crippen molar-refractivity contribution in [3.63, 3.8) is 0 Å². The molecule has 1 N–H and O–H groups in total. The molecule has 3 rings (SSSR count). The summed E-state index contributed by atoms with van der Waals surface area (Å²) in [5, 5.41) is 2.85. The molecule has 0 bridgehead atoms. The first kappa shape index (κ1) is 13.1. The van der Waals surface area contributed by atoms with Crippen LogP contribution < -0.4 is 5.32 Å². The standard InChI is InChI=1S/C17H15N3O/c21-17(19-15-7-9-18-10-8-15)13-14-3-5-16(6-4-14)20-11-1-2-12-20/h1-12H,13H2,(H,18,19,21). The Labute approximate surface area is 123 Å². The molecule has 104 valence electrons. The van der Waals surface area contributed by atoms with E-state index >= 15 is 0 Å². The number of pyridine rings is 1. The number of aromatic nitrogens is 2. The second-order valence-electron chi connectivity index (χ2n) is 4.72. The van der Waals surface area contributed by atoms with Gasteiger partial charge in [-0.1, -0.05) is 12.1 Å². The molecule has 0 aliphatic carbocycles. The lowest BCUT2D eigenvalue weighted by Gasteiger charge is -2.06. The summed E-state index contributed by atoms with van der Waals surface area (Å²) in [7, 11) is 0. The lowest BCUT2D eigenvalue weighted by Crippen LogP contribution is -2.14. The number of benzene rings is 1. The van der Waals surface area contributed by atoms with Gasteiger partial charge in [-0.2, -0.15) is 0 Å². The Kier molecular flexibility index (Phi) is 3.78. The van der Waals surface area contributed by atoms with Crippen LogP contribution in [-0.4, -0.2) is 15.5 Å². The van der Waals surface area contributed by atoms with Gasteiger partial charge in [-0.15, -0.1) is 0 Å². The molecule has 0 atom stereocenters. The largest absolute Gasteiger partial charge is 0.326 e. The number of hydrogen-bond donors (Lipinski definition) is 1. The van der Waals surface area contributed by atoms with Crippen LogP contribution in [0.4, 0.5) is 5.69 Å². The Morgan fingerprint density at radius 1 is 1.00 bits per heavy atom. The molecule has 0 aliphatic heterocycles. The summed E-state index contributed by atoms with van der Waals surface area (Å²) in [6.45, 7) is 0. The molecule has 0 spiro atoms. The number of nitrogens with zero attached hydrogens (tertiary/aromatic N) is 2. The van der Waals surface area contributed by atoms with Crippen molar-refractivity contribution < 1.29 is 4.79 Å². The first-order valence-electron chi connectivity index (χ1n) is 6.73. The van der Waals surface area contributed by atoms with E-state index in [1.54, 1.807) is 24.5 Å². The molecule has 21 heavy (non-hydrogen) atoms. The Morgan fingerprint density at radius 3 is 2.33 bits per heavy atom.